The number of nitrogens with one attached hydrogen (secondary N) is 1. The fraction of sp³-hybridized carbons (Fsp3) is 0.333. The Morgan fingerprint density at radius 3 is 2.67 bits per heavy atom. The fourth-order valence-corrected chi connectivity index (χ4v) is 4.40. The van der Waals surface area contributed by atoms with Crippen LogP contribution in [0.25, 0.3) is 10.9 Å². The van der Waals surface area contributed by atoms with Crippen LogP contribution in [0.1, 0.15) is 11.3 Å². The highest BCUT2D eigenvalue weighted by Crippen LogP contribution is 2.32. The highest BCUT2D eigenvalue weighted by atomic mass is 35.5. The van der Waals surface area contributed by atoms with E-state index in [0.717, 1.165) is 55.1 Å². The average molecular weight is 475 g/mol. The molecule has 0 atom stereocenters. The molecule has 1 amide bonds. The number of ether oxygens (including phenoxy) is 1. The third-order valence-corrected chi connectivity index (χ3v) is 6.04. The molecule has 1 fully saturated rings. The second-order valence-corrected chi connectivity index (χ2v) is 8.31. The van der Waals surface area contributed by atoms with Crippen molar-refractivity contribution < 1.29 is 18.3 Å². The summed E-state index contributed by atoms with van der Waals surface area (Å²) in [5.74, 6) is -0.906. The predicted octanol–water partition coefficient (Wildman–Crippen LogP) is 3.94. The van der Waals surface area contributed by atoms with E-state index >= 15 is 0 Å². The molecule has 9 heteroatoms. The number of aryl methyl sites for hydroxylation is 1. The second-order valence-electron chi connectivity index (χ2n) is 8.31. The maximum absolute atomic E-state index is 14.3. The summed E-state index contributed by atoms with van der Waals surface area (Å²) in [7, 11) is 0. The first-order valence-corrected chi connectivity index (χ1v) is 10.8. The Morgan fingerprint density at radius 1 is 1.09 bits per heavy atom. The number of piperazine rings is 1. The van der Waals surface area contributed by atoms with Crippen molar-refractivity contribution >= 4 is 40.6 Å². The van der Waals surface area contributed by atoms with Gasteiger partial charge < -0.3 is 15.0 Å². The zero-order chi connectivity index (χ0) is 22.2. The second kappa shape index (κ2) is 9.49. The molecule has 33 heavy (non-hydrogen) atoms. The van der Waals surface area contributed by atoms with Gasteiger partial charge in [0.1, 0.15) is 5.82 Å². The number of pyridine rings is 1. The lowest BCUT2D eigenvalue weighted by atomic mass is 10.1. The topological polar surface area (TPSA) is 57.7 Å². The summed E-state index contributed by atoms with van der Waals surface area (Å²) < 4.78 is 33.7. The summed E-state index contributed by atoms with van der Waals surface area (Å²) in [6.07, 6.45) is 0.659. The zero-order valence-corrected chi connectivity index (χ0v) is 19.1. The minimum Gasteiger partial charge on any atom is -0.478 e. The average Bonchev–Trinajstić information content (AvgIpc) is 2.77. The van der Waals surface area contributed by atoms with Crippen molar-refractivity contribution in [3.63, 3.8) is 0 Å². The van der Waals surface area contributed by atoms with Crippen LogP contribution in [-0.2, 0) is 11.2 Å². The van der Waals surface area contributed by atoms with Crippen molar-refractivity contribution in [1.29, 1.82) is 0 Å². The number of anilines is 2. The molecule has 0 saturated carbocycles. The summed E-state index contributed by atoms with van der Waals surface area (Å²) in [5, 5.41) is 3.62. The molecule has 5 rings (SSSR count). The van der Waals surface area contributed by atoms with Gasteiger partial charge in [-0.3, -0.25) is 14.7 Å². The SMILES string of the molecule is Cc1ccc2c(N3CCN(CCc4cc(F)c5c(c4)NC(=O)CO5)CC3)cc(F)cc2n1.Cl. The molecule has 3 aromatic rings. The summed E-state index contributed by atoms with van der Waals surface area (Å²) in [6, 6.07) is 10.3. The number of benzene rings is 2. The van der Waals surface area contributed by atoms with Gasteiger partial charge in [-0.25, -0.2) is 8.78 Å². The lowest BCUT2D eigenvalue weighted by Gasteiger charge is -2.36. The molecular formula is C24H25ClF2N4O2. The maximum atomic E-state index is 14.3. The highest BCUT2D eigenvalue weighted by Gasteiger charge is 2.22. The molecule has 0 radical (unpaired) electrons. The van der Waals surface area contributed by atoms with E-state index in [1.54, 1.807) is 12.1 Å². The van der Waals surface area contributed by atoms with E-state index in [1.807, 2.05) is 19.1 Å². The van der Waals surface area contributed by atoms with Crippen molar-refractivity contribution in [2.24, 2.45) is 0 Å². The minimum absolute atomic E-state index is 0. The Balaban J connectivity index is 0.00000259. The first-order chi connectivity index (χ1) is 15.5. The number of amides is 1. The lowest BCUT2D eigenvalue weighted by Crippen LogP contribution is -2.47. The molecule has 2 aromatic carbocycles. The molecule has 0 spiro atoms. The number of hydrogen-bond acceptors (Lipinski definition) is 5. The van der Waals surface area contributed by atoms with Gasteiger partial charge in [0.05, 0.1) is 11.2 Å². The molecule has 174 valence electrons. The number of hydrogen-bond donors (Lipinski definition) is 1. The molecule has 1 aromatic heterocycles. The Morgan fingerprint density at radius 2 is 1.88 bits per heavy atom. The van der Waals surface area contributed by atoms with Crippen LogP contribution in [-0.4, -0.2) is 55.1 Å². The van der Waals surface area contributed by atoms with Crippen LogP contribution in [0.2, 0.25) is 0 Å². The maximum Gasteiger partial charge on any atom is 0.262 e. The Kier molecular flexibility index (Phi) is 6.67. The van der Waals surface area contributed by atoms with Gasteiger partial charge in [0.25, 0.3) is 5.91 Å². The van der Waals surface area contributed by atoms with Gasteiger partial charge >= 0.3 is 0 Å². The van der Waals surface area contributed by atoms with Crippen LogP contribution in [0.5, 0.6) is 5.75 Å². The Hall–Kier alpha value is -2.97. The van der Waals surface area contributed by atoms with Crippen molar-refractivity contribution in [3.05, 3.63) is 59.3 Å². The van der Waals surface area contributed by atoms with E-state index in [4.69, 9.17) is 4.74 Å². The van der Waals surface area contributed by atoms with Crippen molar-refractivity contribution in [3.8, 4) is 5.75 Å². The summed E-state index contributed by atoms with van der Waals surface area (Å²) in [4.78, 5) is 20.5. The zero-order valence-electron chi connectivity index (χ0n) is 18.2. The third kappa shape index (κ3) is 4.86. The molecule has 2 aliphatic heterocycles. The van der Waals surface area contributed by atoms with Crippen molar-refractivity contribution in [1.82, 2.24) is 9.88 Å². The first kappa shape index (κ1) is 23.2. The molecule has 2 aliphatic rings. The van der Waals surface area contributed by atoms with Gasteiger partial charge in [-0.15, -0.1) is 12.4 Å². The summed E-state index contributed by atoms with van der Waals surface area (Å²) in [5.41, 5.74) is 3.62. The molecule has 6 nitrogen and oxygen atoms in total. The van der Waals surface area contributed by atoms with Gasteiger partial charge in [-0.1, -0.05) is 0 Å². The fourth-order valence-electron chi connectivity index (χ4n) is 4.40. The van der Waals surface area contributed by atoms with Crippen LogP contribution in [0, 0.1) is 18.6 Å². The van der Waals surface area contributed by atoms with E-state index in [-0.39, 0.29) is 36.5 Å². The van der Waals surface area contributed by atoms with Gasteiger partial charge in [-0.2, -0.15) is 0 Å². The number of rotatable bonds is 4. The van der Waals surface area contributed by atoms with Gasteiger partial charge in [0.2, 0.25) is 0 Å². The highest BCUT2D eigenvalue weighted by molar-refractivity contribution is 5.95. The third-order valence-electron chi connectivity index (χ3n) is 6.04. The van der Waals surface area contributed by atoms with Crippen LogP contribution in [0.3, 0.4) is 0 Å². The molecule has 1 N–H and O–H groups in total. The van der Waals surface area contributed by atoms with E-state index in [9.17, 15) is 13.6 Å². The Labute approximate surface area is 196 Å². The minimum atomic E-state index is -0.454. The molecule has 1 saturated heterocycles. The smallest absolute Gasteiger partial charge is 0.262 e. The number of halogens is 3. The van der Waals surface area contributed by atoms with Crippen LogP contribution in [0.4, 0.5) is 20.2 Å². The van der Waals surface area contributed by atoms with E-state index in [0.29, 0.717) is 17.6 Å². The largest absolute Gasteiger partial charge is 0.478 e. The van der Waals surface area contributed by atoms with Crippen LogP contribution >= 0.6 is 12.4 Å². The van der Waals surface area contributed by atoms with Crippen LogP contribution < -0.4 is 15.0 Å². The van der Waals surface area contributed by atoms with E-state index in [2.05, 4.69) is 20.1 Å². The molecule has 0 bridgehead atoms. The number of carbonyl (C=O) groups is 1. The predicted molar refractivity (Wildman–Crippen MR) is 127 cm³/mol. The van der Waals surface area contributed by atoms with Crippen molar-refractivity contribution in [2.45, 2.75) is 13.3 Å². The molecule has 0 aliphatic carbocycles. The summed E-state index contributed by atoms with van der Waals surface area (Å²) >= 11 is 0. The van der Waals surface area contributed by atoms with E-state index < -0.39 is 5.82 Å². The summed E-state index contributed by atoms with van der Waals surface area (Å²) in [6.45, 7) is 5.70. The lowest BCUT2D eigenvalue weighted by molar-refractivity contribution is -0.118. The quantitative estimate of drug-likeness (QED) is 0.620. The first-order valence-electron chi connectivity index (χ1n) is 10.8. The number of fused-ring (bicyclic) bond motifs is 2. The number of nitrogens with zero attached hydrogens (tertiary/aromatic N) is 3. The normalized spacial score (nSPS) is 16.1. The standard InChI is InChI=1S/C24H24F2N4O2.ClH/c1-15-2-3-18-20(27-15)12-17(25)13-22(18)30-8-6-29(7-9-30)5-4-16-10-19(26)24-21(11-16)28-23(31)14-32-24;/h2-3,10-13H,4-9,14H2,1H3,(H,28,31);1H. The molecule has 0 unspecified atom stereocenters. The van der Waals surface area contributed by atoms with E-state index in [1.165, 1.54) is 12.1 Å². The monoisotopic (exact) mass is 474 g/mol. The van der Waals surface area contributed by atoms with Gasteiger partial charge in [0, 0.05) is 55.6 Å². The van der Waals surface area contributed by atoms with Crippen molar-refractivity contribution in [2.75, 3.05) is 49.5 Å². The number of aromatic nitrogens is 1. The Bertz CT molecular complexity index is 1190. The van der Waals surface area contributed by atoms with Gasteiger partial charge in [0.15, 0.2) is 18.2 Å². The van der Waals surface area contributed by atoms with Gasteiger partial charge in [-0.05, 0) is 49.2 Å². The number of carbonyl (C=O) groups excluding carboxylic acids is 1. The molecular weight excluding hydrogens is 450 g/mol. The molecule has 3 heterocycles. The van der Waals surface area contributed by atoms with Crippen LogP contribution in [0.15, 0.2) is 36.4 Å².